The van der Waals surface area contributed by atoms with E-state index in [0.29, 0.717) is 23.4 Å². The fourth-order valence-corrected chi connectivity index (χ4v) is 3.27. The lowest BCUT2D eigenvalue weighted by Gasteiger charge is -2.08. The molecule has 27 heavy (non-hydrogen) atoms. The molecule has 0 aliphatic rings. The zero-order valence-corrected chi connectivity index (χ0v) is 16.0. The molecule has 0 aliphatic heterocycles. The molecule has 0 atom stereocenters. The third-order valence-electron chi connectivity index (χ3n) is 3.58. The van der Waals surface area contributed by atoms with Gasteiger partial charge in [-0.1, -0.05) is 13.8 Å². The molecule has 7 nitrogen and oxygen atoms in total. The first-order chi connectivity index (χ1) is 12.9. The van der Waals surface area contributed by atoms with Gasteiger partial charge in [-0.15, -0.1) is 0 Å². The van der Waals surface area contributed by atoms with Crippen LogP contribution in [0.4, 0.5) is 5.69 Å². The Hall–Kier alpha value is -2.71. The van der Waals surface area contributed by atoms with Gasteiger partial charge in [0.25, 0.3) is 5.91 Å². The van der Waals surface area contributed by atoms with E-state index >= 15 is 0 Å². The lowest BCUT2D eigenvalue weighted by atomic mass is 10.2. The maximum absolute atomic E-state index is 12.3. The highest BCUT2D eigenvalue weighted by atomic mass is 32.2. The number of anilines is 1. The molecule has 0 spiro atoms. The van der Waals surface area contributed by atoms with Crippen LogP contribution in [0, 0.1) is 0 Å². The summed E-state index contributed by atoms with van der Waals surface area (Å²) >= 11 is 0. The van der Waals surface area contributed by atoms with Gasteiger partial charge in [-0.05, 0) is 55.0 Å². The lowest BCUT2D eigenvalue weighted by Crippen LogP contribution is -2.23. The van der Waals surface area contributed by atoms with Crippen LogP contribution in [-0.4, -0.2) is 33.4 Å². The van der Waals surface area contributed by atoms with Gasteiger partial charge in [-0.25, -0.2) is 17.9 Å². The number of benzene rings is 2. The summed E-state index contributed by atoms with van der Waals surface area (Å²) in [5.74, 6) is -0.795. The zero-order valence-electron chi connectivity index (χ0n) is 15.2. The standard InChI is InChI=1S/C19H22N2O5S/c1-3-13-26-19(23)15-5-9-16(10-6-15)21-18(22)14-7-11-17(12-8-14)27(24,25)20-4-2/h5-12,20H,3-4,13H2,1-2H3,(H,21,22). The number of sulfonamides is 1. The van der Waals surface area contributed by atoms with E-state index in [0.717, 1.165) is 6.42 Å². The van der Waals surface area contributed by atoms with Crippen molar-refractivity contribution in [1.29, 1.82) is 0 Å². The topological polar surface area (TPSA) is 102 Å². The van der Waals surface area contributed by atoms with Crippen LogP contribution >= 0.6 is 0 Å². The predicted octanol–water partition coefficient (Wildman–Crippen LogP) is 2.80. The molecule has 144 valence electrons. The molecule has 8 heteroatoms. The number of carbonyl (C=O) groups excluding carboxylic acids is 2. The van der Waals surface area contributed by atoms with Crippen LogP contribution in [0.2, 0.25) is 0 Å². The van der Waals surface area contributed by atoms with E-state index in [1.165, 1.54) is 24.3 Å². The van der Waals surface area contributed by atoms with E-state index in [4.69, 9.17) is 4.74 Å². The first-order valence-corrected chi connectivity index (χ1v) is 10.0. The monoisotopic (exact) mass is 390 g/mol. The van der Waals surface area contributed by atoms with Gasteiger partial charge in [0.2, 0.25) is 10.0 Å². The Kier molecular flexibility index (Phi) is 7.09. The average Bonchev–Trinajstić information content (AvgIpc) is 2.66. The molecule has 2 rings (SSSR count). The van der Waals surface area contributed by atoms with E-state index in [2.05, 4.69) is 10.0 Å². The molecular formula is C19H22N2O5S. The van der Waals surface area contributed by atoms with Gasteiger partial charge >= 0.3 is 5.97 Å². The van der Waals surface area contributed by atoms with E-state index in [1.54, 1.807) is 31.2 Å². The molecule has 1 amide bonds. The summed E-state index contributed by atoms with van der Waals surface area (Å²) in [6, 6.07) is 12.0. The van der Waals surface area contributed by atoms with Crippen LogP contribution in [-0.2, 0) is 14.8 Å². The second-order valence-corrected chi connectivity index (χ2v) is 7.46. The fourth-order valence-electron chi connectivity index (χ4n) is 2.23. The highest BCUT2D eigenvalue weighted by molar-refractivity contribution is 7.89. The van der Waals surface area contributed by atoms with Crippen LogP contribution in [0.1, 0.15) is 41.0 Å². The number of carbonyl (C=O) groups is 2. The smallest absolute Gasteiger partial charge is 0.338 e. The van der Waals surface area contributed by atoms with Gasteiger partial charge in [0.05, 0.1) is 17.1 Å². The Labute approximate surface area is 158 Å². The van der Waals surface area contributed by atoms with E-state index in [1.807, 2.05) is 6.92 Å². The van der Waals surface area contributed by atoms with Crippen LogP contribution in [0.15, 0.2) is 53.4 Å². The number of esters is 1. The quantitative estimate of drug-likeness (QED) is 0.675. The van der Waals surface area contributed by atoms with Gasteiger partial charge < -0.3 is 10.1 Å². The number of nitrogens with one attached hydrogen (secondary N) is 2. The molecule has 0 heterocycles. The molecule has 0 fully saturated rings. The van der Waals surface area contributed by atoms with Crippen LogP contribution in [0.3, 0.4) is 0 Å². The number of amides is 1. The molecule has 0 bridgehead atoms. The molecule has 2 aromatic carbocycles. The van der Waals surface area contributed by atoms with Crippen LogP contribution in [0.25, 0.3) is 0 Å². The maximum Gasteiger partial charge on any atom is 0.338 e. The van der Waals surface area contributed by atoms with Crippen molar-refractivity contribution in [2.75, 3.05) is 18.5 Å². The largest absolute Gasteiger partial charge is 0.462 e. The van der Waals surface area contributed by atoms with Crippen molar-refractivity contribution in [1.82, 2.24) is 4.72 Å². The van der Waals surface area contributed by atoms with Crippen LogP contribution in [0.5, 0.6) is 0 Å². The number of hydrogen-bond donors (Lipinski definition) is 2. The molecular weight excluding hydrogens is 368 g/mol. The summed E-state index contributed by atoms with van der Waals surface area (Å²) in [4.78, 5) is 24.1. The molecule has 2 aromatic rings. The molecule has 0 saturated carbocycles. The molecule has 0 radical (unpaired) electrons. The first kappa shape index (κ1) is 20.6. The Bertz CT molecular complexity index is 891. The fraction of sp³-hybridized carbons (Fsp3) is 0.263. The summed E-state index contributed by atoms with van der Waals surface area (Å²) in [7, 11) is -3.56. The van der Waals surface area contributed by atoms with Crippen molar-refractivity contribution in [2.45, 2.75) is 25.2 Å². The normalized spacial score (nSPS) is 11.0. The second kappa shape index (κ2) is 9.29. The minimum absolute atomic E-state index is 0.0934. The molecule has 0 saturated heterocycles. The highest BCUT2D eigenvalue weighted by Crippen LogP contribution is 2.14. The van der Waals surface area contributed by atoms with E-state index < -0.39 is 16.0 Å². The SMILES string of the molecule is CCCOC(=O)c1ccc(NC(=O)c2ccc(S(=O)(=O)NCC)cc2)cc1. The predicted molar refractivity (Wildman–Crippen MR) is 102 cm³/mol. The zero-order chi connectivity index (χ0) is 19.9. The Morgan fingerprint density at radius 1 is 0.926 bits per heavy atom. The maximum atomic E-state index is 12.3. The summed E-state index contributed by atoms with van der Waals surface area (Å²) < 4.78 is 31.2. The highest BCUT2D eigenvalue weighted by Gasteiger charge is 2.14. The molecule has 0 aliphatic carbocycles. The van der Waals surface area contributed by atoms with Gasteiger partial charge in [0.1, 0.15) is 0 Å². The van der Waals surface area contributed by atoms with Gasteiger partial charge in [0.15, 0.2) is 0 Å². The number of rotatable bonds is 8. The average molecular weight is 390 g/mol. The number of ether oxygens (including phenoxy) is 1. The third kappa shape index (κ3) is 5.63. The van der Waals surface area contributed by atoms with Crippen molar-refractivity contribution in [3.63, 3.8) is 0 Å². The lowest BCUT2D eigenvalue weighted by molar-refractivity contribution is 0.0505. The summed E-state index contributed by atoms with van der Waals surface area (Å²) in [6.07, 6.45) is 0.745. The van der Waals surface area contributed by atoms with Gasteiger partial charge in [0, 0.05) is 17.8 Å². The molecule has 0 aromatic heterocycles. The summed E-state index contributed by atoms with van der Waals surface area (Å²) in [5, 5.41) is 2.69. The minimum atomic E-state index is -3.56. The first-order valence-electron chi connectivity index (χ1n) is 8.55. The molecule has 2 N–H and O–H groups in total. The summed E-state index contributed by atoms with van der Waals surface area (Å²) in [6.45, 7) is 4.24. The van der Waals surface area contributed by atoms with Crippen molar-refractivity contribution in [2.24, 2.45) is 0 Å². The third-order valence-corrected chi connectivity index (χ3v) is 5.14. The van der Waals surface area contributed by atoms with E-state index in [-0.39, 0.29) is 17.3 Å². The Morgan fingerprint density at radius 3 is 2.07 bits per heavy atom. The van der Waals surface area contributed by atoms with Gasteiger partial charge in [-0.2, -0.15) is 0 Å². The summed E-state index contributed by atoms with van der Waals surface area (Å²) in [5.41, 5.74) is 1.23. The minimum Gasteiger partial charge on any atom is -0.462 e. The number of hydrogen-bond acceptors (Lipinski definition) is 5. The molecule has 0 unspecified atom stereocenters. The van der Waals surface area contributed by atoms with Crippen molar-refractivity contribution in [3.8, 4) is 0 Å². The van der Waals surface area contributed by atoms with Gasteiger partial charge in [-0.3, -0.25) is 4.79 Å². The van der Waals surface area contributed by atoms with Crippen molar-refractivity contribution >= 4 is 27.6 Å². The van der Waals surface area contributed by atoms with E-state index in [9.17, 15) is 18.0 Å². The van der Waals surface area contributed by atoms with Crippen molar-refractivity contribution in [3.05, 3.63) is 59.7 Å². The second-order valence-electron chi connectivity index (χ2n) is 5.69. The van der Waals surface area contributed by atoms with Crippen molar-refractivity contribution < 1.29 is 22.7 Å². The Morgan fingerprint density at radius 2 is 1.52 bits per heavy atom. The Balaban J connectivity index is 2.03. The van der Waals surface area contributed by atoms with Crippen LogP contribution < -0.4 is 10.0 Å².